The Morgan fingerprint density at radius 3 is 2.59 bits per heavy atom. The Morgan fingerprint density at radius 1 is 1.18 bits per heavy atom. The second-order valence-corrected chi connectivity index (χ2v) is 14.4. The van der Waals surface area contributed by atoms with E-state index < -0.39 is 42.8 Å². The van der Waals surface area contributed by atoms with Crippen molar-refractivity contribution in [1.82, 2.24) is 20.0 Å². The molecule has 0 radical (unpaired) electrons. The molecule has 2 heterocycles. The highest BCUT2D eigenvalue weighted by molar-refractivity contribution is 8.13. The van der Waals surface area contributed by atoms with Gasteiger partial charge >= 0.3 is 19.5 Å². The van der Waals surface area contributed by atoms with E-state index in [0.29, 0.717) is 12.8 Å². The molecule has 0 saturated carbocycles. The normalized spacial score (nSPS) is 19.9. The highest BCUT2D eigenvalue weighted by Crippen LogP contribution is 2.46. The van der Waals surface area contributed by atoms with Crippen LogP contribution in [0, 0.1) is 11.3 Å². The fourth-order valence-corrected chi connectivity index (χ4v) is 6.70. The first kappa shape index (κ1) is 35.7. The van der Waals surface area contributed by atoms with Crippen LogP contribution in [0.1, 0.15) is 59.3 Å². The summed E-state index contributed by atoms with van der Waals surface area (Å²) in [5.41, 5.74) is -0.916. The number of nitrogens with zero attached hydrogens (tertiary/aromatic N) is 1. The third kappa shape index (κ3) is 11.3. The van der Waals surface area contributed by atoms with Crippen molar-refractivity contribution in [3.05, 3.63) is 69.0 Å². The number of rotatable bonds is 16. The number of carbonyl (C=O) groups excluding carboxylic acids is 2. The van der Waals surface area contributed by atoms with Crippen molar-refractivity contribution < 1.29 is 32.7 Å². The van der Waals surface area contributed by atoms with Crippen molar-refractivity contribution in [2.45, 2.75) is 72.4 Å². The van der Waals surface area contributed by atoms with Gasteiger partial charge in [0, 0.05) is 42.4 Å². The molecule has 1 aromatic heterocycles. The van der Waals surface area contributed by atoms with Crippen LogP contribution in [0.3, 0.4) is 0 Å². The van der Waals surface area contributed by atoms with Crippen molar-refractivity contribution in [3.63, 3.8) is 0 Å². The molecule has 0 spiro atoms. The van der Waals surface area contributed by atoms with E-state index in [-0.39, 0.29) is 49.2 Å². The first-order valence-corrected chi connectivity index (χ1v) is 17.1. The van der Waals surface area contributed by atoms with Crippen molar-refractivity contribution >= 4 is 30.7 Å². The fourth-order valence-electron chi connectivity index (χ4n) is 4.41. The Morgan fingerprint density at radius 2 is 1.91 bits per heavy atom. The number of benzene rings is 1. The average molecular weight is 655 g/mol. The maximum atomic E-state index is 13.7. The number of hydrogen-bond donors (Lipinski definition) is 3. The Kier molecular flexibility index (Phi) is 13.4. The standard InChI is InChI=1S/C29H43N4O9PS/c1-20(2)41-28(37)30-13-12-29(4,5)26(35)44-16-15-39-43(38,31-18-22-9-7-6-8-10-22)40-19-23-17-21(3)25(42-23)33-14-11-24(34)32-27(33)36/h6-11,14,20-21,23,25H,12-13,15-19H2,1-5H3,(H,30,37)(H,31,38)(H,32,34,36). The minimum absolute atomic E-state index is 0.0260. The van der Waals surface area contributed by atoms with Crippen LogP contribution >= 0.6 is 19.5 Å². The van der Waals surface area contributed by atoms with Crippen LogP contribution in [0.2, 0.25) is 0 Å². The largest absolute Gasteiger partial charge is 0.447 e. The molecular formula is C29H43N4O9PS. The van der Waals surface area contributed by atoms with Crippen LogP contribution < -0.4 is 21.7 Å². The summed E-state index contributed by atoms with van der Waals surface area (Å²) in [5, 5.41) is 5.44. The quantitative estimate of drug-likeness (QED) is 0.175. The van der Waals surface area contributed by atoms with Gasteiger partial charge < -0.3 is 14.8 Å². The summed E-state index contributed by atoms with van der Waals surface area (Å²) < 4.78 is 37.6. The molecule has 4 atom stereocenters. The van der Waals surface area contributed by atoms with Crippen LogP contribution in [0.5, 0.6) is 0 Å². The lowest BCUT2D eigenvalue weighted by molar-refractivity contribution is -0.118. The first-order valence-electron chi connectivity index (χ1n) is 14.5. The molecule has 1 aliphatic rings. The minimum atomic E-state index is -3.84. The summed E-state index contributed by atoms with van der Waals surface area (Å²) in [5.74, 6) is 0.159. The molecule has 3 rings (SSSR count). The molecule has 1 saturated heterocycles. The summed E-state index contributed by atoms with van der Waals surface area (Å²) >= 11 is 1.06. The van der Waals surface area contributed by atoms with E-state index in [9.17, 15) is 23.7 Å². The molecule has 13 nitrogen and oxygen atoms in total. The number of ether oxygens (including phenoxy) is 2. The van der Waals surface area contributed by atoms with Gasteiger partial charge in [0.05, 0.1) is 25.4 Å². The minimum Gasteiger partial charge on any atom is -0.447 e. The number of thioether (sulfide) groups is 1. The number of aromatic nitrogens is 2. The van der Waals surface area contributed by atoms with E-state index >= 15 is 0 Å². The zero-order valence-electron chi connectivity index (χ0n) is 25.8. The zero-order chi connectivity index (χ0) is 32.3. The second kappa shape index (κ2) is 16.5. The Balaban J connectivity index is 1.53. The van der Waals surface area contributed by atoms with Gasteiger partial charge in [-0.3, -0.25) is 28.2 Å². The predicted octanol–water partition coefficient (Wildman–Crippen LogP) is 4.20. The van der Waals surface area contributed by atoms with E-state index in [1.54, 1.807) is 27.7 Å². The van der Waals surface area contributed by atoms with Gasteiger partial charge in [-0.15, -0.1) is 0 Å². The molecule has 2 aromatic rings. The maximum absolute atomic E-state index is 13.7. The summed E-state index contributed by atoms with van der Waals surface area (Å²) in [6.45, 7) is 9.43. The fraction of sp³-hybridized carbons (Fsp3) is 0.586. The topological polar surface area (TPSA) is 167 Å². The molecule has 4 unspecified atom stereocenters. The molecule has 0 bridgehead atoms. The van der Waals surface area contributed by atoms with Crippen molar-refractivity contribution in [2.75, 3.05) is 25.5 Å². The van der Waals surface area contributed by atoms with E-state index in [1.807, 2.05) is 37.3 Å². The van der Waals surface area contributed by atoms with Gasteiger partial charge in [-0.2, -0.15) is 0 Å². The third-order valence-electron chi connectivity index (χ3n) is 6.82. The number of hydrogen-bond acceptors (Lipinski definition) is 10. The molecule has 15 heteroatoms. The molecule has 1 amide bonds. The van der Waals surface area contributed by atoms with Gasteiger partial charge in [-0.05, 0) is 32.3 Å². The summed E-state index contributed by atoms with van der Waals surface area (Å²) in [7, 11) is -3.84. The molecule has 1 aliphatic heterocycles. The lowest BCUT2D eigenvalue weighted by Crippen LogP contribution is -2.33. The van der Waals surface area contributed by atoms with Crippen molar-refractivity contribution in [2.24, 2.45) is 11.3 Å². The monoisotopic (exact) mass is 654 g/mol. The van der Waals surface area contributed by atoms with Gasteiger partial charge in [0.1, 0.15) is 6.23 Å². The molecule has 1 aromatic carbocycles. The van der Waals surface area contributed by atoms with E-state index in [2.05, 4.69) is 15.4 Å². The van der Waals surface area contributed by atoms with Gasteiger partial charge in [0.25, 0.3) is 5.56 Å². The smallest absolute Gasteiger partial charge is 0.407 e. The van der Waals surface area contributed by atoms with Gasteiger partial charge in [0.2, 0.25) is 0 Å². The van der Waals surface area contributed by atoms with E-state index in [0.717, 1.165) is 17.3 Å². The van der Waals surface area contributed by atoms with Crippen molar-refractivity contribution in [1.29, 1.82) is 0 Å². The highest BCUT2D eigenvalue weighted by atomic mass is 32.2. The number of amides is 1. The molecular weight excluding hydrogens is 611 g/mol. The molecule has 3 N–H and O–H groups in total. The van der Waals surface area contributed by atoms with Crippen LogP contribution in [0.4, 0.5) is 4.79 Å². The number of H-pyrrole nitrogens is 1. The number of carbonyl (C=O) groups is 2. The van der Waals surface area contributed by atoms with Crippen LogP contribution in [-0.4, -0.2) is 58.5 Å². The van der Waals surface area contributed by atoms with E-state index in [1.165, 1.54) is 16.8 Å². The van der Waals surface area contributed by atoms with Gasteiger partial charge in [0.15, 0.2) is 5.12 Å². The lowest BCUT2D eigenvalue weighted by atomic mass is 9.91. The van der Waals surface area contributed by atoms with Crippen molar-refractivity contribution in [3.8, 4) is 0 Å². The Hall–Kier alpha value is -2.74. The number of aromatic amines is 1. The third-order valence-corrected chi connectivity index (χ3v) is 9.56. The van der Waals surface area contributed by atoms with E-state index in [4.69, 9.17) is 18.5 Å². The number of alkyl carbamates (subject to hydrolysis) is 1. The molecule has 1 fully saturated rings. The van der Waals surface area contributed by atoms with Gasteiger partial charge in [-0.1, -0.05) is 62.9 Å². The Labute approximate surface area is 261 Å². The average Bonchev–Trinajstić information content (AvgIpc) is 3.33. The van der Waals surface area contributed by atoms with Crippen LogP contribution in [-0.2, 0) is 34.4 Å². The molecule has 44 heavy (non-hydrogen) atoms. The van der Waals surface area contributed by atoms with Crippen LogP contribution in [0.15, 0.2) is 52.2 Å². The van der Waals surface area contributed by atoms with Gasteiger partial charge in [-0.25, -0.2) is 19.2 Å². The zero-order valence-corrected chi connectivity index (χ0v) is 27.5. The highest BCUT2D eigenvalue weighted by Gasteiger charge is 2.36. The number of nitrogens with one attached hydrogen (secondary N) is 3. The molecule has 0 aliphatic carbocycles. The van der Waals surface area contributed by atoms with Crippen LogP contribution in [0.25, 0.3) is 0 Å². The second-order valence-electron chi connectivity index (χ2n) is 11.5. The first-order chi connectivity index (χ1) is 20.8. The lowest BCUT2D eigenvalue weighted by Gasteiger charge is -2.23. The summed E-state index contributed by atoms with van der Waals surface area (Å²) in [6, 6.07) is 10.6. The SMILES string of the molecule is CC(C)OC(=O)NCCC(C)(C)C(=O)SCCOP(=O)(NCc1ccccc1)OCC1CC(C)C(n2ccc(=O)[nH]c2=O)O1. The summed E-state index contributed by atoms with van der Waals surface area (Å²) in [6.07, 6.45) is 0.471. The summed E-state index contributed by atoms with van der Waals surface area (Å²) in [4.78, 5) is 50.5. The molecule has 244 valence electrons. The maximum Gasteiger partial charge on any atom is 0.407 e. The predicted molar refractivity (Wildman–Crippen MR) is 167 cm³/mol. The Bertz CT molecular complexity index is 1400.